The van der Waals surface area contributed by atoms with Gasteiger partial charge in [-0.25, -0.2) is 9.97 Å². The van der Waals surface area contributed by atoms with Gasteiger partial charge in [-0.05, 0) is 30.5 Å². The van der Waals surface area contributed by atoms with Crippen molar-refractivity contribution in [3.8, 4) is 17.4 Å². The van der Waals surface area contributed by atoms with Crippen LogP contribution in [0.1, 0.15) is 24.0 Å². The van der Waals surface area contributed by atoms with Crippen molar-refractivity contribution in [3.05, 3.63) is 60.3 Å². The number of aromatic nitrogens is 3. The normalized spacial score (nSPS) is 16.6. The van der Waals surface area contributed by atoms with E-state index in [1.54, 1.807) is 20.4 Å². The van der Waals surface area contributed by atoms with E-state index >= 15 is 0 Å². The molecule has 2 aliphatic rings. The van der Waals surface area contributed by atoms with Crippen molar-refractivity contribution >= 4 is 5.69 Å². The van der Waals surface area contributed by atoms with E-state index in [9.17, 15) is 0 Å². The summed E-state index contributed by atoms with van der Waals surface area (Å²) in [6.07, 6.45) is 10.1. The van der Waals surface area contributed by atoms with Gasteiger partial charge in [-0.2, -0.15) is 0 Å². The summed E-state index contributed by atoms with van der Waals surface area (Å²) in [4.78, 5) is 13.6. The predicted molar refractivity (Wildman–Crippen MR) is 126 cm³/mol. The van der Waals surface area contributed by atoms with Crippen molar-refractivity contribution in [2.24, 2.45) is 0 Å². The number of nitrogens with zero attached hydrogens (tertiary/aromatic N) is 5. The summed E-state index contributed by atoms with van der Waals surface area (Å²) >= 11 is 0. The van der Waals surface area contributed by atoms with Crippen LogP contribution in [0.25, 0.3) is 0 Å². The average Bonchev–Trinajstić information content (AvgIpc) is 3.59. The van der Waals surface area contributed by atoms with E-state index in [1.807, 2.05) is 30.9 Å². The zero-order valence-electron chi connectivity index (χ0n) is 19.3. The molecule has 5 rings (SSSR count). The van der Waals surface area contributed by atoms with Crippen molar-refractivity contribution in [3.63, 3.8) is 0 Å². The minimum Gasteiger partial charge on any atom is -0.493 e. The Morgan fingerprint density at radius 1 is 1.00 bits per heavy atom. The van der Waals surface area contributed by atoms with Crippen LogP contribution in [0.5, 0.6) is 17.4 Å². The molecule has 3 aromatic rings. The highest BCUT2D eigenvalue weighted by Crippen LogP contribution is 2.37. The summed E-state index contributed by atoms with van der Waals surface area (Å²) in [6.45, 7) is 5.38. The Balaban J connectivity index is 1.39. The maximum absolute atomic E-state index is 6.22. The SMILES string of the molecule is COc1ccc(COc2cc(N3CCN(C4CC4)CC3)c(Cn3ccnc3)cc2OC)cn1. The molecule has 0 bridgehead atoms. The molecule has 3 heterocycles. The molecule has 33 heavy (non-hydrogen) atoms. The van der Waals surface area contributed by atoms with E-state index in [-0.39, 0.29) is 0 Å². The standard InChI is InChI=1S/C25H31N5O3/c1-31-23-13-20(16-28-8-7-26-18-28)22(30-11-9-29(10-12-30)21-4-5-21)14-24(23)33-17-19-3-6-25(32-2)27-15-19/h3,6-8,13-15,18,21H,4-5,9-12,16-17H2,1-2H3. The summed E-state index contributed by atoms with van der Waals surface area (Å²) in [7, 11) is 3.30. The van der Waals surface area contributed by atoms with Crippen molar-refractivity contribution < 1.29 is 14.2 Å². The van der Waals surface area contributed by atoms with E-state index in [4.69, 9.17) is 14.2 Å². The fourth-order valence-electron chi connectivity index (χ4n) is 4.41. The Kier molecular flexibility index (Phi) is 6.35. The van der Waals surface area contributed by atoms with E-state index in [1.165, 1.54) is 24.1 Å². The van der Waals surface area contributed by atoms with Crippen LogP contribution in [-0.4, -0.2) is 65.9 Å². The molecule has 0 spiro atoms. The third-order valence-corrected chi connectivity index (χ3v) is 6.40. The summed E-state index contributed by atoms with van der Waals surface area (Å²) in [6, 6.07) is 8.85. The van der Waals surface area contributed by atoms with Crippen LogP contribution in [0.3, 0.4) is 0 Å². The number of pyridine rings is 1. The molecule has 1 aromatic carbocycles. The van der Waals surface area contributed by atoms with E-state index in [0.717, 1.165) is 55.8 Å². The minimum absolute atomic E-state index is 0.406. The Morgan fingerprint density at radius 2 is 1.85 bits per heavy atom. The molecule has 0 unspecified atom stereocenters. The van der Waals surface area contributed by atoms with Crippen LogP contribution in [0.4, 0.5) is 5.69 Å². The fraction of sp³-hybridized carbons (Fsp3) is 0.440. The molecule has 1 saturated carbocycles. The number of hydrogen-bond acceptors (Lipinski definition) is 7. The van der Waals surface area contributed by atoms with Crippen LogP contribution in [0, 0.1) is 0 Å². The van der Waals surface area contributed by atoms with Crippen LogP contribution < -0.4 is 19.1 Å². The number of benzene rings is 1. The molecule has 1 aliphatic heterocycles. The molecule has 8 nitrogen and oxygen atoms in total. The van der Waals surface area contributed by atoms with Gasteiger partial charge in [0, 0.05) is 74.2 Å². The van der Waals surface area contributed by atoms with E-state index < -0.39 is 0 Å². The Morgan fingerprint density at radius 3 is 2.48 bits per heavy atom. The number of rotatable bonds is 9. The third kappa shape index (κ3) is 5.06. The summed E-state index contributed by atoms with van der Waals surface area (Å²) in [5.41, 5.74) is 3.37. The highest BCUT2D eigenvalue weighted by molar-refractivity contribution is 5.62. The van der Waals surface area contributed by atoms with Crippen LogP contribution in [0.2, 0.25) is 0 Å². The van der Waals surface area contributed by atoms with Gasteiger partial charge in [-0.3, -0.25) is 4.90 Å². The summed E-state index contributed by atoms with van der Waals surface area (Å²) in [5, 5.41) is 0. The molecule has 0 atom stereocenters. The van der Waals surface area contributed by atoms with Crippen molar-refractivity contribution in [2.75, 3.05) is 45.3 Å². The minimum atomic E-state index is 0.406. The molecule has 2 fully saturated rings. The highest BCUT2D eigenvalue weighted by Gasteiger charge is 2.32. The van der Waals surface area contributed by atoms with Crippen molar-refractivity contribution in [1.29, 1.82) is 0 Å². The quantitative estimate of drug-likeness (QED) is 0.497. The van der Waals surface area contributed by atoms with Crippen LogP contribution in [-0.2, 0) is 13.2 Å². The highest BCUT2D eigenvalue weighted by atomic mass is 16.5. The van der Waals surface area contributed by atoms with Crippen LogP contribution in [0.15, 0.2) is 49.2 Å². The first kappa shape index (κ1) is 21.6. The lowest BCUT2D eigenvalue weighted by molar-refractivity contribution is 0.247. The number of hydrogen-bond donors (Lipinski definition) is 0. The van der Waals surface area contributed by atoms with Gasteiger partial charge in [0.25, 0.3) is 0 Å². The number of ether oxygens (including phenoxy) is 3. The molecular weight excluding hydrogens is 418 g/mol. The van der Waals surface area contributed by atoms with Gasteiger partial charge in [-0.15, -0.1) is 0 Å². The first-order chi connectivity index (χ1) is 16.2. The topological polar surface area (TPSA) is 64.9 Å². The number of imidazole rings is 1. The molecule has 2 aromatic heterocycles. The first-order valence-corrected chi connectivity index (χ1v) is 11.5. The van der Waals surface area contributed by atoms with Gasteiger partial charge < -0.3 is 23.7 Å². The molecule has 1 aliphatic carbocycles. The second-order valence-electron chi connectivity index (χ2n) is 8.62. The summed E-state index contributed by atoms with van der Waals surface area (Å²) < 4.78 is 19.2. The van der Waals surface area contributed by atoms with Gasteiger partial charge in [0.1, 0.15) is 6.61 Å². The number of piperazine rings is 1. The first-order valence-electron chi connectivity index (χ1n) is 11.5. The Labute approximate surface area is 194 Å². The van der Waals surface area contributed by atoms with E-state index in [2.05, 4.69) is 36.5 Å². The zero-order valence-corrected chi connectivity index (χ0v) is 19.3. The van der Waals surface area contributed by atoms with E-state index in [0.29, 0.717) is 12.5 Å². The average molecular weight is 450 g/mol. The van der Waals surface area contributed by atoms with Gasteiger partial charge >= 0.3 is 0 Å². The van der Waals surface area contributed by atoms with Gasteiger partial charge in [0.2, 0.25) is 5.88 Å². The monoisotopic (exact) mass is 449 g/mol. The molecule has 8 heteroatoms. The lowest BCUT2D eigenvalue weighted by atomic mass is 10.1. The summed E-state index contributed by atoms with van der Waals surface area (Å²) in [5.74, 6) is 2.06. The molecule has 0 radical (unpaired) electrons. The zero-order chi connectivity index (χ0) is 22.6. The van der Waals surface area contributed by atoms with Crippen molar-refractivity contribution in [2.45, 2.75) is 32.0 Å². The third-order valence-electron chi connectivity index (χ3n) is 6.40. The predicted octanol–water partition coefficient (Wildman–Crippen LogP) is 3.21. The van der Waals surface area contributed by atoms with Gasteiger partial charge in [0.05, 0.1) is 27.1 Å². The lowest BCUT2D eigenvalue weighted by Crippen LogP contribution is -2.47. The molecule has 174 valence electrons. The fourth-order valence-corrected chi connectivity index (χ4v) is 4.41. The lowest BCUT2D eigenvalue weighted by Gasteiger charge is -2.37. The Bertz CT molecular complexity index is 1040. The molecule has 1 saturated heterocycles. The van der Waals surface area contributed by atoms with Gasteiger partial charge in [-0.1, -0.05) is 0 Å². The van der Waals surface area contributed by atoms with Crippen LogP contribution >= 0.6 is 0 Å². The maximum atomic E-state index is 6.22. The number of methoxy groups -OCH3 is 2. The largest absolute Gasteiger partial charge is 0.493 e. The van der Waals surface area contributed by atoms with Crippen molar-refractivity contribution in [1.82, 2.24) is 19.4 Å². The molecule has 0 N–H and O–H groups in total. The second-order valence-corrected chi connectivity index (χ2v) is 8.62. The van der Waals surface area contributed by atoms with Gasteiger partial charge in [0.15, 0.2) is 11.5 Å². The second kappa shape index (κ2) is 9.70. The smallest absolute Gasteiger partial charge is 0.212 e. The maximum Gasteiger partial charge on any atom is 0.212 e. The molecule has 0 amide bonds. The molecular formula is C25H31N5O3. The Hall–Kier alpha value is -3.26. The number of anilines is 1.